The van der Waals surface area contributed by atoms with E-state index in [0.29, 0.717) is 29.7 Å². The van der Waals surface area contributed by atoms with Gasteiger partial charge in [-0.1, -0.05) is 24.3 Å². The Morgan fingerprint density at radius 2 is 1.63 bits per heavy atom. The van der Waals surface area contributed by atoms with Gasteiger partial charge in [-0.25, -0.2) is 13.2 Å². The van der Waals surface area contributed by atoms with Crippen molar-refractivity contribution in [1.29, 1.82) is 0 Å². The second-order valence-corrected chi connectivity index (χ2v) is 13.4. The first kappa shape index (κ1) is 27.5. The third-order valence-electron chi connectivity index (χ3n) is 5.92. The zero-order chi connectivity index (χ0) is 27.9. The highest BCUT2D eigenvalue weighted by Gasteiger charge is 2.35. The van der Waals surface area contributed by atoms with Gasteiger partial charge in [-0.3, -0.25) is 4.79 Å². The molecule has 0 aliphatic carbocycles. The summed E-state index contributed by atoms with van der Waals surface area (Å²) < 4.78 is 44.4. The first-order valence-corrected chi connectivity index (χ1v) is 13.9. The monoisotopic (exact) mass is 542 g/mol. The summed E-state index contributed by atoms with van der Waals surface area (Å²) in [6.07, 6.45) is -0.367. The Kier molecular flexibility index (Phi) is 7.22. The molecule has 1 saturated heterocycles. The smallest absolute Gasteiger partial charge is 0.410 e. The van der Waals surface area contributed by atoms with Crippen molar-refractivity contribution in [2.75, 3.05) is 19.7 Å². The lowest BCUT2D eigenvalue weighted by atomic mass is 9.97. The molecule has 1 aliphatic heterocycles. The molecule has 1 aromatic heterocycles. The maximum absolute atomic E-state index is 13.6. The number of hydrogen-bond donors (Lipinski definition) is 1. The van der Waals surface area contributed by atoms with E-state index >= 15 is 0 Å². The van der Waals surface area contributed by atoms with Crippen molar-refractivity contribution in [2.24, 2.45) is 11.3 Å². The molecule has 1 amide bonds. The average molecular weight is 543 g/mol. The first-order valence-electron chi connectivity index (χ1n) is 12.4. The molecule has 2 heterocycles. The lowest BCUT2D eigenvalue weighted by Gasteiger charge is -2.39. The van der Waals surface area contributed by atoms with Crippen LogP contribution < -0.4 is 9.47 Å². The van der Waals surface area contributed by atoms with Gasteiger partial charge in [-0.2, -0.15) is 0 Å². The van der Waals surface area contributed by atoms with E-state index < -0.39 is 26.8 Å². The van der Waals surface area contributed by atoms with Crippen molar-refractivity contribution in [2.45, 2.75) is 57.1 Å². The number of aromatic amines is 1. The van der Waals surface area contributed by atoms with E-state index in [1.807, 2.05) is 20.8 Å². The number of aromatic nitrogens is 1. The van der Waals surface area contributed by atoms with Crippen LogP contribution in [-0.2, 0) is 19.4 Å². The Bertz CT molecular complexity index is 1440. The number of ether oxygens (including phenoxy) is 3. The number of rotatable bonds is 6. The highest BCUT2D eigenvalue weighted by atomic mass is 32.2. The van der Waals surface area contributed by atoms with Crippen LogP contribution in [0.15, 0.2) is 58.5 Å². The fourth-order valence-electron chi connectivity index (χ4n) is 3.89. The van der Waals surface area contributed by atoms with Crippen LogP contribution in [0, 0.1) is 11.3 Å². The van der Waals surface area contributed by atoms with E-state index in [4.69, 9.17) is 14.2 Å². The van der Waals surface area contributed by atoms with Gasteiger partial charge < -0.3 is 24.1 Å². The number of sulfone groups is 1. The van der Waals surface area contributed by atoms with Crippen molar-refractivity contribution in [3.63, 3.8) is 0 Å². The maximum Gasteiger partial charge on any atom is 0.410 e. The van der Waals surface area contributed by atoms with Crippen LogP contribution in [0.3, 0.4) is 0 Å². The Morgan fingerprint density at radius 3 is 2.24 bits per heavy atom. The van der Waals surface area contributed by atoms with Gasteiger partial charge in [0.2, 0.25) is 9.84 Å². The quantitative estimate of drug-likeness (QED) is 0.426. The van der Waals surface area contributed by atoms with Gasteiger partial charge >= 0.3 is 12.1 Å². The summed E-state index contributed by atoms with van der Waals surface area (Å²) >= 11 is 0. The predicted molar refractivity (Wildman–Crippen MR) is 142 cm³/mol. The minimum atomic E-state index is -4.04. The molecule has 0 radical (unpaired) electrons. The fraction of sp³-hybridized carbons (Fsp3) is 0.429. The summed E-state index contributed by atoms with van der Waals surface area (Å²) in [6, 6.07) is 13.1. The lowest BCUT2D eigenvalue weighted by molar-refractivity contribution is -0.143. The van der Waals surface area contributed by atoms with E-state index in [0.717, 1.165) is 0 Å². The van der Waals surface area contributed by atoms with Gasteiger partial charge in [0, 0.05) is 19.0 Å². The van der Waals surface area contributed by atoms with E-state index in [1.165, 1.54) is 12.1 Å². The summed E-state index contributed by atoms with van der Waals surface area (Å²) in [4.78, 5) is 29.8. The van der Waals surface area contributed by atoms with Crippen molar-refractivity contribution in [1.82, 2.24) is 9.88 Å². The molecule has 1 aliphatic rings. The predicted octanol–water partition coefficient (Wildman–Crippen LogP) is 5.20. The fourth-order valence-corrected chi connectivity index (χ4v) is 5.27. The Morgan fingerprint density at radius 1 is 0.974 bits per heavy atom. The van der Waals surface area contributed by atoms with E-state index in [-0.39, 0.29) is 34.3 Å². The van der Waals surface area contributed by atoms with Gasteiger partial charge in [0.15, 0.2) is 10.8 Å². The summed E-state index contributed by atoms with van der Waals surface area (Å²) in [6.45, 7) is 11.8. The summed E-state index contributed by atoms with van der Waals surface area (Å²) in [5.74, 6) is -0.224. The maximum atomic E-state index is 13.6. The molecule has 204 valence electrons. The molecular weight excluding hydrogens is 508 g/mol. The van der Waals surface area contributed by atoms with E-state index in [9.17, 15) is 18.0 Å². The number of H-pyrrole nitrogens is 1. The van der Waals surface area contributed by atoms with Crippen molar-refractivity contribution in [3.8, 4) is 11.5 Å². The Labute approximate surface area is 223 Å². The number of carbonyl (C=O) groups is 2. The number of nitrogens with zero attached hydrogens (tertiary/aromatic N) is 1. The van der Waals surface area contributed by atoms with E-state index in [1.54, 1.807) is 62.1 Å². The third kappa shape index (κ3) is 5.80. The molecule has 10 heteroatoms. The normalized spacial score (nSPS) is 14.7. The number of benzene rings is 2. The summed E-state index contributed by atoms with van der Waals surface area (Å²) in [5, 5.41) is 0.148. The molecule has 1 fully saturated rings. The zero-order valence-electron chi connectivity index (χ0n) is 22.5. The van der Waals surface area contributed by atoms with Crippen molar-refractivity contribution >= 4 is 32.8 Å². The molecule has 1 N–H and O–H groups in total. The topological polar surface area (TPSA) is 115 Å². The molecule has 0 saturated carbocycles. The number of esters is 1. The van der Waals surface area contributed by atoms with Gasteiger partial charge in [0.25, 0.3) is 0 Å². The second kappa shape index (κ2) is 9.98. The number of carbonyl (C=O) groups excluding carboxylic acids is 2. The van der Waals surface area contributed by atoms with Crippen LogP contribution >= 0.6 is 0 Å². The lowest BCUT2D eigenvalue weighted by Crippen LogP contribution is -2.53. The van der Waals surface area contributed by atoms with Gasteiger partial charge in [0.1, 0.15) is 11.4 Å². The molecule has 0 spiro atoms. The number of fused-ring (bicyclic) bond motifs is 1. The molecular formula is C28H34N2O7S. The van der Waals surface area contributed by atoms with Crippen molar-refractivity contribution in [3.05, 3.63) is 48.5 Å². The minimum absolute atomic E-state index is 0.0683. The number of likely N-dealkylation sites (tertiary alicyclic amines) is 1. The largest absolute Gasteiger partial charge is 0.492 e. The van der Waals surface area contributed by atoms with Crippen LogP contribution in [0.1, 0.15) is 41.5 Å². The molecule has 38 heavy (non-hydrogen) atoms. The molecule has 0 atom stereocenters. The zero-order valence-corrected chi connectivity index (χ0v) is 23.3. The molecule has 4 rings (SSSR count). The number of nitrogens with one attached hydrogen (secondary N) is 1. The second-order valence-electron chi connectivity index (χ2n) is 11.5. The summed E-state index contributed by atoms with van der Waals surface area (Å²) in [7, 11) is -4.04. The molecule has 0 unspecified atom stereocenters. The first-order chi connectivity index (χ1) is 17.7. The highest BCUT2D eigenvalue weighted by molar-refractivity contribution is 7.91. The van der Waals surface area contributed by atoms with Crippen LogP contribution in [0.25, 0.3) is 10.9 Å². The molecule has 3 aromatic rings. The molecule has 9 nitrogen and oxygen atoms in total. The Balaban J connectivity index is 1.64. The summed E-state index contributed by atoms with van der Waals surface area (Å²) in [5.41, 5.74) is -0.983. The van der Waals surface area contributed by atoms with Gasteiger partial charge in [0.05, 0.1) is 27.8 Å². The van der Waals surface area contributed by atoms with Crippen molar-refractivity contribution < 1.29 is 32.2 Å². The van der Waals surface area contributed by atoms with Crippen LogP contribution in [0.5, 0.6) is 11.5 Å². The highest BCUT2D eigenvalue weighted by Crippen LogP contribution is 2.42. The van der Waals surface area contributed by atoms with Crippen LogP contribution in [0.2, 0.25) is 0 Å². The third-order valence-corrected chi connectivity index (χ3v) is 7.64. The minimum Gasteiger partial charge on any atom is -0.492 e. The number of hydrogen-bond acceptors (Lipinski definition) is 7. The standard InChI is InChI=1S/C28H34N2O7S/c1-27(2,3)25(31)36-23-22-20(29-24(23)38(33,34)19-11-8-7-9-12-19)13-10-14-21(22)35-17-18-15-30(16-18)26(32)37-28(4,5)6/h7-14,18,29H,15-17H2,1-6H3. The molecule has 0 bridgehead atoms. The van der Waals surface area contributed by atoms with Gasteiger partial charge in [-0.05, 0) is 65.8 Å². The van der Waals surface area contributed by atoms with Crippen LogP contribution in [-0.4, -0.2) is 55.7 Å². The van der Waals surface area contributed by atoms with E-state index in [2.05, 4.69) is 4.98 Å². The SMILES string of the molecule is CC(C)(C)OC(=O)N1CC(COc2cccc3[nH]c(S(=O)(=O)c4ccccc4)c(OC(=O)C(C)(C)C)c23)C1. The number of amides is 1. The Hall–Kier alpha value is -3.53. The average Bonchev–Trinajstić information content (AvgIpc) is 3.16. The van der Waals surface area contributed by atoms with Crippen LogP contribution in [0.4, 0.5) is 4.79 Å². The van der Waals surface area contributed by atoms with Gasteiger partial charge in [-0.15, -0.1) is 0 Å². The molecule has 2 aromatic carbocycles.